The number of nitrogens with one attached hydrogen (secondary N) is 3. The molecule has 0 bridgehead atoms. The Morgan fingerprint density at radius 3 is 2.78 bits per heavy atom. The molecule has 0 radical (unpaired) electrons. The number of allylic oxidation sites excluding steroid dienone is 2. The van der Waals surface area contributed by atoms with Gasteiger partial charge in [0.2, 0.25) is 0 Å². The van der Waals surface area contributed by atoms with E-state index < -0.39 is 0 Å². The topological polar surface area (TPSA) is 74.2 Å². The predicted molar refractivity (Wildman–Crippen MR) is 104 cm³/mol. The minimum Gasteiger partial charge on any atom is -0.357 e. The lowest BCUT2D eigenvalue weighted by Gasteiger charge is -2.27. The zero-order chi connectivity index (χ0) is 18.5. The van der Waals surface area contributed by atoms with Gasteiger partial charge in [0.15, 0.2) is 0 Å². The number of benzene rings is 1. The molecule has 4 rings (SSSR count). The van der Waals surface area contributed by atoms with Gasteiger partial charge in [0, 0.05) is 43.2 Å². The van der Waals surface area contributed by atoms with Crippen LogP contribution in [0.5, 0.6) is 0 Å². The molecule has 1 aromatic heterocycles. The van der Waals surface area contributed by atoms with E-state index in [2.05, 4.69) is 38.3 Å². The maximum Gasteiger partial charge on any atom is 0.251 e. The molecule has 2 aromatic rings. The van der Waals surface area contributed by atoms with E-state index in [0.29, 0.717) is 18.7 Å². The predicted octanol–water partition coefficient (Wildman–Crippen LogP) is 1.70. The number of hydrogen-bond donors (Lipinski definition) is 3. The molecule has 1 fully saturated rings. The summed E-state index contributed by atoms with van der Waals surface area (Å²) in [5, 5.41) is 7.07. The largest absolute Gasteiger partial charge is 0.357 e. The van der Waals surface area contributed by atoms with Gasteiger partial charge >= 0.3 is 0 Å². The quantitative estimate of drug-likeness (QED) is 0.728. The fourth-order valence-corrected chi connectivity index (χ4v) is 3.33. The highest BCUT2D eigenvalue weighted by Gasteiger charge is 2.17. The SMILES string of the molecule is O=C(NCCn1cccn1)c1cccc(C2=CC=C(N3CCCC3)NN2)c1. The molecule has 7 nitrogen and oxygen atoms in total. The highest BCUT2D eigenvalue weighted by Crippen LogP contribution is 2.19. The Morgan fingerprint density at radius 1 is 1.15 bits per heavy atom. The number of aromatic nitrogens is 2. The fraction of sp³-hybridized carbons (Fsp3) is 0.300. The van der Waals surface area contributed by atoms with Gasteiger partial charge in [-0.2, -0.15) is 5.10 Å². The molecule has 27 heavy (non-hydrogen) atoms. The third kappa shape index (κ3) is 4.13. The van der Waals surface area contributed by atoms with Crippen LogP contribution in [0, 0.1) is 0 Å². The first-order valence-corrected chi connectivity index (χ1v) is 9.35. The third-order valence-electron chi connectivity index (χ3n) is 4.80. The summed E-state index contributed by atoms with van der Waals surface area (Å²) in [4.78, 5) is 14.8. The van der Waals surface area contributed by atoms with Gasteiger partial charge in [-0.25, -0.2) is 0 Å². The van der Waals surface area contributed by atoms with Crippen molar-refractivity contribution in [1.29, 1.82) is 0 Å². The van der Waals surface area contributed by atoms with Crippen LogP contribution in [0.25, 0.3) is 5.70 Å². The smallest absolute Gasteiger partial charge is 0.251 e. The van der Waals surface area contributed by atoms with E-state index in [0.717, 1.165) is 30.2 Å². The number of carbonyl (C=O) groups excluding carboxylic acids is 1. The second-order valence-electron chi connectivity index (χ2n) is 6.68. The molecule has 0 aliphatic carbocycles. The number of amides is 1. The molecule has 3 N–H and O–H groups in total. The summed E-state index contributed by atoms with van der Waals surface area (Å²) < 4.78 is 1.80. The zero-order valence-corrected chi connectivity index (χ0v) is 15.2. The molecule has 1 amide bonds. The van der Waals surface area contributed by atoms with E-state index in [1.165, 1.54) is 12.8 Å². The molecule has 0 unspecified atom stereocenters. The first-order chi connectivity index (χ1) is 13.3. The normalized spacial score (nSPS) is 16.2. The summed E-state index contributed by atoms with van der Waals surface area (Å²) >= 11 is 0. The van der Waals surface area contributed by atoms with Crippen LogP contribution in [0.15, 0.2) is 60.7 Å². The van der Waals surface area contributed by atoms with Crippen LogP contribution in [-0.4, -0.2) is 40.2 Å². The van der Waals surface area contributed by atoms with Gasteiger partial charge in [0.05, 0.1) is 12.2 Å². The minimum absolute atomic E-state index is 0.0818. The average molecular weight is 364 g/mol. The number of nitrogens with zero attached hydrogens (tertiary/aromatic N) is 3. The summed E-state index contributed by atoms with van der Waals surface area (Å²) in [7, 11) is 0. The van der Waals surface area contributed by atoms with Crippen LogP contribution in [0.1, 0.15) is 28.8 Å². The van der Waals surface area contributed by atoms with Gasteiger partial charge in [-0.05, 0) is 43.2 Å². The molecule has 2 aliphatic heterocycles. The van der Waals surface area contributed by atoms with Crippen molar-refractivity contribution in [2.24, 2.45) is 0 Å². The van der Waals surface area contributed by atoms with E-state index in [1.54, 1.807) is 10.9 Å². The van der Waals surface area contributed by atoms with E-state index in [4.69, 9.17) is 0 Å². The van der Waals surface area contributed by atoms with Crippen molar-refractivity contribution >= 4 is 11.6 Å². The van der Waals surface area contributed by atoms with Crippen molar-refractivity contribution in [2.45, 2.75) is 19.4 Å². The van der Waals surface area contributed by atoms with Crippen LogP contribution in [0.2, 0.25) is 0 Å². The summed E-state index contributed by atoms with van der Waals surface area (Å²) in [6.07, 6.45) is 10.2. The second kappa shape index (κ2) is 7.99. The molecule has 1 aromatic carbocycles. The zero-order valence-electron chi connectivity index (χ0n) is 15.2. The lowest BCUT2D eigenvalue weighted by molar-refractivity contribution is 0.0952. The number of hydrogen-bond acceptors (Lipinski definition) is 5. The molecule has 7 heteroatoms. The van der Waals surface area contributed by atoms with Gasteiger partial charge in [-0.15, -0.1) is 0 Å². The Morgan fingerprint density at radius 2 is 2.04 bits per heavy atom. The molecule has 0 saturated carbocycles. The fourth-order valence-electron chi connectivity index (χ4n) is 3.33. The van der Waals surface area contributed by atoms with Crippen molar-refractivity contribution in [3.63, 3.8) is 0 Å². The molecule has 140 valence electrons. The van der Waals surface area contributed by atoms with Crippen molar-refractivity contribution in [3.05, 3.63) is 71.8 Å². The molecule has 0 atom stereocenters. The monoisotopic (exact) mass is 364 g/mol. The van der Waals surface area contributed by atoms with Crippen molar-refractivity contribution < 1.29 is 4.79 Å². The molecule has 3 heterocycles. The summed E-state index contributed by atoms with van der Waals surface area (Å²) in [6.45, 7) is 3.38. The number of likely N-dealkylation sites (tertiary alicyclic amines) is 1. The standard InChI is InChI=1S/C20H24N6O/c27-20(21-10-14-26-13-4-9-22-26)17-6-3-5-16(15-17)18-7-8-19(24-23-18)25-11-1-2-12-25/h3-9,13,15,23-24H,1-2,10-12,14H2,(H,21,27). The molecule has 1 saturated heterocycles. The van der Waals surface area contributed by atoms with E-state index >= 15 is 0 Å². The Kier molecular flexibility index (Phi) is 5.09. The van der Waals surface area contributed by atoms with E-state index in [-0.39, 0.29) is 5.91 Å². The van der Waals surface area contributed by atoms with Gasteiger partial charge in [-0.3, -0.25) is 20.3 Å². The maximum atomic E-state index is 12.4. The highest BCUT2D eigenvalue weighted by molar-refractivity contribution is 5.95. The summed E-state index contributed by atoms with van der Waals surface area (Å²) in [5.74, 6) is 1.02. The van der Waals surface area contributed by atoms with Crippen molar-refractivity contribution in [3.8, 4) is 0 Å². The van der Waals surface area contributed by atoms with Crippen LogP contribution in [0.3, 0.4) is 0 Å². The number of rotatable bonds is 6. The van der Waals surface area contributed by atoms with Crippen LogP contribution in [-0.2, 0) is 6.54 Å². The summed E-state index contributed by atoms with van der Waals surface area (Å²) in [5.41, 5.74) is 9.08. The van der Waals surface area contributed by atoms with Crippen LogP contribution < -0.4 is 16.2 Å². The Balaban J connectivity index is 1.39. The highest BCUT2D eigenvalue weighted by atomic mass is 16.1. The average Bonchev–Trinajstić information content (AvgIpc) is 3.42. The van der Waals surface area contributed by atoms with Gasteiger partial charge < -0.3 is 10.2 Å². The third-order valence-corrected chi connectivity index (χ3v) is 4.80. The maximum absolute atomic E-state index is 12.4. The summed E-state index contributed by atoms with van der Waals surface area (Å²) in [6, 6.07) is 9.50. The second-order valence-corrected chi connectivity index (χ2v) is 6.68. The van der Waals surface area contributed by atoms with Gasteiger partial charge in [0.25, 0.3) is 5.91 Å². The first kappa shape index (κ1) is 17.2. The number of hydrazine groups is 1. The molecular weight excluding hydrogens is 340 g/mol. The molecule has 0 spiro atoms. The first-order valence-electron chi connectivity index (χ1n) is 9.35. The van der Waals surface area contributed by atoms with Gasteiger partial charge in [-0.1, -0.05) is 12.1 Å². The number of carbonyl (C=O) groups is 1. The Bertz CT molecular complexity index is 849. The van der Waals surface area contributed by atoms with Crippen LogP contribution in [0.4, 0.5) is 0 Å². The Labute approximate surface area is 158 Å². The van der Waals surface area contributed by atoms with Gasteiger partial charge in [0.1, 0.15) is 5.82 Å². The van der Waals surface area contributed by atoms with Crippen LogP contribution >= 0.6 is 0 Å². The Hall–Kier alpha value is -3.22. The molecular formula is C20H24N6O. The van der Waals surface area contributed by atoms with E-state index in [1.807, 2.05) is 36.5 Å². The lowest BCUT2D eigenvalue weighted by atomic mass is 10.1. The lowest BCUT2D eigenvalue weighted by Crippen LogP contribution is -2.39. The van der Waals surface area contributed by atoms with E-state index in [9.17, 15) is 4.79 Å². The molecule has 2 aliphatic rings. The minimum atomic E-state index is -0.0818. The van der Waals surface area contributed by atoms with Crippen molar-refractivity contribution in [2.75, 3.05) is 19.6 Å². The van der Waals surface area contributed by atoms with Crippen molar-refractivity contribution in [1.82, 2.24) is 30.8 Å².